The van der Waals surface area contributed by atoms with Crippen molar-refractivity contribution in [3.63, 3.8) is 0 Å². The molecule has 0 saturated carbocycles. The number of hydrogen-bond donors (Lipinski definition) is 1. The van der Waals surface area contributed by atoms with Crippen molar-refractivity contribution in [2.24, 2.45) is 0 Å². The van der Waals surface area contributed by atoms with Gasteiger partial charge in [-0.2, -0.15) is 0 Å². The number of rotatable bonds is 3. The van der Waals surface area contributed by atoms with E-state index in [1.165, 1.54) is 29.7 Å². The van der Waals surface area contributed by atoms with E-state index in [0.717, 1.165) is 25.2 Å². The molecule has 1 aliphatic rings. The van der Waals surface area contributed by atoms with E-state index in [1.807, 2.05) is 24.5 Å². The molecule has 0 aromatic carbocycles. The Morgan fingerprint density at radius 3 is 2.55 bits per heavy atom. The summed E-state index contributed by atoms with van der Waals surface area (Å²) in [5.74, 6) is 0.997. The summed E-state index contributed by atoms with van der Waals surface area (Å²) in [5.41, 5.74) is 3.74. The third-order valence-corrected chi connectivity index (χ3v) is 3.33. The summed E-state index contributed by atoms with van der Waals surface area (Å²) < 4.78 is 0. The molecule has 1 aliphatic carbocycles. The van der Waals surface area contributed by atoms with Crippen molar-refractivity contribution in [1.82, 2.24) is 15.0 Å². The Bertz CT molecular complexity index is 534. The predicted molar refractivity (Wildman–Crippen MR) is 84.7 cm³/mol. The second-order valence-electron chi connectivity index (χ2n) is 4.56. The fourth-order valence-corrected chi connectivity index (χ4v) is 2.36. The summed E-state index contributed by atoms with van der Waals surface area (Å²) in [6.07, 6.45) is 9.95. The topological polar surface area (TPSA) is 50.7 Å². The highest BCUT2D eigenvalue weighted by Gasteiger charge is 2.14. The SMILES string of the molecule is Cl.Cl.c1cc(CNc2ncnc3c2CCCC3)ccn1. The summed E-state index contributed by atoms with van der Waals surface area (Å²) in [5, 5.41) is 3.41. The average Bonchev–Trinajstić information content (AvgIpc) is 2.46. The van der Waals surface area contributed by atoms with Crippen LogP contribution in [0.15, 0.2) is 30.9 Å². The van der Waals surface area contributed by atoms with Gasteiger partial charge in [-0.15, -0.1) is 24.8 Å². The van der Waals surface area contributed by atoms with E-state index < -0.39 is 0 Å². The van der Waals surface area contributed by atoms with Gasteiger partial charge in [0.15, 0.2) is 0 Å². The molecular weight excluding hydrogens is 295 g/mol. The summed E-state index contributed by atoms with van der Waals surface area (Å²) in [6, 6.07) is 4.03. The molecule has 3 rings (SSSR count). The molecule has 0 bridgehead atoms. The molecular formula is C14H18Cl2N4. The van der Waals surface area contributed by atoms with E-state index in [0.29, 0.717) is 0 Å². The second kappa shape index (κ2) is 8.02. The van der Waals surface area contributed by atoms with Crippen LogP contribution in [0.5, 0.6) is 0 Å². The monoisotopic (exact) mass is 312 g/mol. The van der Waals surface area contributed by atoms with Crippen LogP contribution >= 0.6 is 24.8 Å². The molecule has 2 heterocycles. The van der Waals surface area contributed by atoms with Gasteiger partial charge in [0.1, 0.15) is 12.1 Å². The van der Waals surface area contributed by atoms with Crippen molar-refractivity contribution < 1.29 is 0 Å². The third-order valence-electron chi connectivity index (χ3n) is 3.33. The highest BCUT2D eigenvalue weighted by atomic mass is 35.5. The summed E-state index contributed by atoms with van der Waals surface area (Å²) >= 11 is 0. The van der Waals surface area contributed by atoms with Crippen LogP contribution in [0.3, 0.4) is 0 Å². The molecule has 0 saturated heterocycles. The van der Waals surface area contributed by atoms with Gasteiger partial charge in [0.2, 0.25) is 0 Å². The molecule has 6 heteroatoms. The van der Waals surface area contributed by atoms with E-state index in [4.69, 9.17) is 0 Å². The van der Waals surface area contributed by atoms with Crippen molar-refractivity contribution in [3.8, 4) is 0 Å². The zero-order valence-corrected chi connectivity index (χ0v) is 12.7. The molecule has 0 radical (unpaired) electrons. The minimum absolute atomic E-state index is 0. The van der Waals surface area contributed by atoms with Crippen molar-refractivity contribution in [1.29, 1.82) is 0 Å². The van der Waals surface area contributed by atoms with E-state index in [-0.39, 0.29) is 24.8 Å². The molecule has 2 aromatic rings. The fourth-order valence-electron chi connectivity index (χ4n) is 2.36. The van der Waals surface area contributed by atoms with Crippen LogP contribution < -0.4 is 5.32 Å². The summed E-state index contributed by atoms with van der Waals surface area (Å²) in [4.78, 5) is 12.8. The molecule has 0 amide bonds. The molecule has 108 valence electrons. The van der Waals surface area contributed by atoms with Crippen LogP contribution in [0.4, 0.5) is 5.82 Å². The zero-order valence-electron chi connectivity index (χ0n) is 11.1. The van der Waals surface area contributed by atoms with E-state index in [9.17, 15) is 0 Å². The third kappa shape index (κ3) is 3.81. The first-order valence-electron chi connectivity index (χ1n) is 6.39. The molecule has 0 fully saturated rings. The maximum Gasteiger partial charge on any atom is 0.133 e. The lowest BCUT2D eigenvalue weighted by molar-refractivity contribution is 0.663. The minimum atomic E-state index is 0. The minimum Gasteiger partial charge on any atom is -0.366 e. The zero-order chi connectivity index (χ0) is 12.2. The molecule has 0 unspecified atom stereocenters. The number of nitrogens with zero attached hydrogens (tertiary/aromatic N) is 3. The maximum absolute atomic E-state index is 4.37. The molecule has 0 spiro atoms. The summed E-state index contributed by atoms with van der Waals surface area (Å²) in [7, 11) is 0. The first kappa shape index (κ1) is 16.7. The predicted octanol–water partition coefficient (Wildman–Crippen LogP) is 3.21. The quantitative estimate of drug-likeness (QED) is 0.945. The maximum atomic E-state index is 4.37. The Kier molecular flexibility index (Phi) is 6.68. The van der Waals surface area contributed by atoms with Crippen molar-refractivity contribution >= 4 is 30.6 Å². The smallest absolute Gasteiger partial charge is 0.133 e. The number of anilines is 1. The standard InChI is InChI=1S/C14H16N4.2ClH/c1-2-4-13-12(3-1)14(18-10-17-13)16-9-11-5-7-15-8-6-11;;/h5-8,10H,1-4,9H2,(H,16,17,18);2*1H. The highest BCUT2D eigenvalue weighted by molar-refractivity contribution is 5.85. The van der Waals surface area contributed by atoms with Gasteiger partial charge >= 0.3 is 0 Å². The number of aryl methyl sites for hydroxylation is 1. The van der Waals surface area contributed by atoms with E-state index >= 15 is 0 Å². The van der Waals surface area contributed by atoms with Crippen molar-refractivity contribution in [2.75, 3.05) is 5.32 Å². The Morgan fingerprint density at radius 2 is 1.75 bits per heavy atom. The second-order valence-corrected chi connectivity index (χ2v) is 4.56. The van der Waals surface area contributed by atoms with Crippen LogP contribution in [0, 0.1) is 0 Å². The molecule has 4 nitrogen and oxygen atoms in total. The Morgan fingerprint density at radius 1 is 1.00 bits per heavy atom. The first-order valence-corrected chi connectivity index (χ1v) is 6.39. The van der Waals surface area contributed by atoms with Crippen LogP contribution in [0.2, 0.25) is 0 Å². The molecule has 20 heavy (non-hydrogen) atoms. The summed E-state index contributed by atoms with van der Waals surface area (Å²) in [6.45, 7) is 0.784. The Hall–Kier alpha value is -1.39. The average molecular weight is 313 g/mol. The van der Waals surface area contributed by atoms with E-state index in [1.54, 1.807) is 6.33 Å². The Balaban J connectivity index is 0.000001000. The number of pyridine rings is 1. The first-order chi connectivity index (χ1) is 8.93. The lowest BCUT2D eigenvalue weighted by atomic mass is 9.96. The van der Waals surface area contributed by atoms with Gasteiger partial charge < -0.3 is 5.32 Å². The van der Waals surface area contributed by atoms with Crippen LogP contribution in [-0.4, -0.2) is 15.0 Å². The van der Waals surface area contributed by atoms with Gasteiger partial charge in [0.25, 0.3) is 0 Å². The molecule has 0 aliphatic heterocycles. The van der Waals surface area contributed by atoms with Crippen LogP contribution in [-0.2, 0) is 19.4 Å². The lowest BCUT2D eigenvalue weighted by Gasteiger charge is -2.17. The lowest BCUT2D eigenvalue weighted by Crippen LogP contribution is -2.12. The number of nitrogens with one attached hydrogen (secondary N) is 1. The Labute approximate surface area is 131 Å². The normalized spacial score (nSPS) is 12.6. The number of hydrogen-bond acceptors (Lipinski definition) is 4. The van der Waals surface area contributed by atoms with Gasteiger partial charge in [-0.1, -0.05) is 0 Å². The largest absolute Gasteiger partial charge is 0.366 e. The molecule has 0 atom stereocenters. The van der Waals surface area contributed by atoms with E-state index in [2.05, 4.69) is 20.3 Å². The van der Waals surface area contributed by atoms with Gasteiger partial charge in [0.05, 0.1) is 0 Å². The number of fused-ring (bicyclic) bond motifs is 1. The fraction of sp³-hybridized carbons (Fsp3) is 0.357. The molecule has 2 aromatic heterocycles. The van der Waals surface area contributed by atoms with Gasteiger partial charge in [-0.25, -0.2) is 9.97 Å². The number of aromatic nitrogens is 3. The van der Waals surface area contributed by atoms with Crippen molar-refractivity contribution in [3.05, 3.63) is 47.7 Å². The molecule has 1 N–H and O–H groups in total. The van der Waals surface area contributed by atoms with Crippen LogP contribution in [0.25, 0.3) is 0 Å². The number of halogens is 2. The van der Waals surface area contributed by atoms with Crippen LogP contribution in [0.1, 0.15) is 29.7 Å². The highest BCUT2D eigenvalue weighted by Crippen LogP contribution is 2.24. The van der Waals surface area contributed by atoms with Crippen molar-refractivity contribution in [2.45, 2.75) is 32.2 Å². The van der Waals surface area contributed by atoms with Gasteiger partial charge in [-0.3, -0.25) is 4.98 Å². The van der Waals surface area contributed by atoms with Gasteiger partial charge in [0, 0.05) is 30.2 Å². The van der Waals surface area contributed by atoms with Gasteiger partial charge in [-0.05, 0) is 43.4 Å².